The van der Waals surface area contributed by atoms with Gasteiger partial charge in [0.05, 0.1) is 25.9 Å². The van der Waals surface area contributed by atoms with Gasteiger partial charge in [-0.1, -0.05) is 12.1 Å². The number of hydrogen-bond donors (Lipinski definition) is 1. The summed E-state index contributed by atoms with van der Waals surface area (Å²) in [6, 6.07) is 8.82. The Hall–Kier alpha value is -2.67. The Morgan fingerprint density at radius 3 is 2.83 bits per heavy atom. The Bertz CT molecular complexity index is 687. The van der Waals surface area contributed by atoms with Crippen LogP contribution in [0.2, 0.25) is 0 Å². The van der Waals surface area contributed by atoms with Gasteiger partial charge in [0, 0.05) is 19.2 Å². The third-order valence-electron chi connectivity index (χ3n) is 3.58. The Balaban J connectivity index is 1.76. The quantitative estimate of drug-likeness (QED) is 0.923. The molecule has 1 saturated heterocycles. The molecule has 2 heterocycles. The highest BCUT2D eigenvalue weighted by Gasteiger charge is 2.15. The number of nitrogens with one attached hydrogen (secondary N) is 1. The Kier molecular flexibility index (Phi) is 4.68. The summed E-state index contributed by atoms with van der Waals surface area (Å²) < 4.78 is 10.5. The van der Waals surface area contributed by atoms with Crippen molar-refractivity contribution in [2.45, 2.75) is 0 Å². The number of anilines is 2. The second kappa shape index (κ2) is 7.06. The van der Waals surface area contributed by atoms with Crippen molar-refractivity contribution in [1.82, 2.24) is 9.97 Å². The molecule has 7 nitrogen and oxygen atoms in total. The Labute approximate surface area is 134 Å². The molecule has 0 spiro atoms. The summed E-state index contributed by atoms with van der Waals surface area (Å²) in [6.45, 7) is 2.90. The van der Waals surface area contributed by atoms with E-state index in [1.807, 2.05) is 6.07 Å². The van der Waals surface area contributed by atoms with Gasteiger partial charge in [-0.2, -0.15) is 0 Å². The highest BCUT2D eigenvalue weighted by molar-refractivity contribution is 6.05. The van der Waals surface area contributed by atoms with Gasteiger partial charge in [0.25, 0.3) is 5.91 Å². The van der Waals surface area contributed by atoms with E-state index in [-0.39, 0.29) is 5.91 Å². The molecule has 1 N–H and O–H groups in total. The molecule has 0 radical (unpaired) electrons. The van der Waals surface area contributed by atoms with Crippen LogP contribution in [0, 0.1) is 0 Å². The van der Waals surface area contributed by atoms with E-state index in [1.165, 1.54) is 13.4 Å². The lowest BCUT2D eigenvalue weighted by molar-refractivity contribution is 0.102. The van der Waals surface area contributed by atoms with Crippen LogP contribution in [-0.2, 0) is 4.74 Å². The van der Waals surface area contributed by atoms with E-state index in [0.717, 1.165) is 18.9 Å². The molecule has 0 saturated carbocycles. The van der Waals surface area contributed by atoms with Crippen LogP contribution in [0.4, 0.5) is 11.6 Å². The molecule has 1 fully saturated rings. The number of amides is 1. The van der Waals surface area contributed by atoms with E-state index < -0.39 is 0 Å². The van der Waals surface area contributed by atoms with Crippen LogP contribution in [0.5, 0.6) is 5.75 Å². The number of ether oxygens (including phenoxy) is 2. The highest BCUT2D eigenvalue weighted by atomic mass is 16.5. The predicted octanol–water partition coefficient (Wildman–Crippen LogP) is 1.57. The van der Waals surface area contributed by atoms with Crippen molar-refractivity contribution < 1.29 is 14.3 Å². The van der Waals surface area contributed by atoms with Crippen molar-refractivity contribution in [2.75, 3.05) is 43.6 Å². The normalized spacial score (nSPS) is 14.4. The van der Waals surface area contributed by atoms with E-state index in [9.17, 15) is 4.79 Å². The third-order valence-corrected chi connectivity index (χ3v) is 3.58. The van der Waals surface area contributed by atoms with Crippen LogP contribution in [0.15, 0.2) is 36.7 Å². The SMILES string of the molecule is COc1ccccc1C(=O)Nc1cc(N2CCOCC2)ncn1. The van der Waals surface area contributed by atoms with E-state index in [4.69, 9.17) is 9.47 Å². The number of carbonyl (C=O) groups is 1. The number of para-hydroxylation sites is 1. The zero-order valence-corrected chi connectivity index (χ0v) is 12.9. The van der Waals surface area contributed by atoms with Crippen molar-refractivity contribution in [3.05, 3.63) is 42.2 Å². The van der Waals surface area contributed by atoms with Gasteiger partial charge in [0.15, 0.2) is 0 Å². The molecule has 23 heavy (non-hydrogen) atoms. The molecule has 0 unspecified atom stereocenters. The first kappa shape index (κ1) is 15.2. The molecule has 0 aliphatic carbocycles. The molecule has 1 aliphatic heterocycles. The Morgan fingerprint density at radius 2 is 2.04 bits per heavy atom. The molecule has 0 bridgehead atoms. The van der Waals surface area contributed by atoms with Gasteiger partial charge in [-0.3, -0.25) is 4.79 Å². The zero-order chi connectivity index (χ0) is 16.1. The first-order valence-electron chi connectivity index (χ1n) is 7.37. The zero-order valence-electron chi connectivity index (χ0n) is 12.9. The maximum atomic E-state index is 12.4. The lowest BCUT2D eigenvalue weighted by Crippen LogP contribution is -2.36. The smallest absolute Gasteiger partial charge is 0.260 e. The maximum absolute atomic E-state index is 12.4. The molecule has 1 aliphatic rings. The second-order valence-corrected chi connectivity index (χ2v) is 5.02. The number of methoxy groups -OCH3 is 1. The number of morpholine rings is 1. The van der Waals surface area contributed by atoms with Gasteiger partial charge in [0.2, 0.25) is 0 Å². The van der Waals surface area contributed by atoms with Crippen LogP contribution in [0.25, 0.3) is 0 Å². The minimum atomic E-state index is -0.269. The first-order chi connectivity index (χ1) is 11.3. The van der Waals surface area contributed by atoms with Crippen LogP contribution >= 0.6 is 0 Å². The first-order valence-corrected chi connectivity index (χ1v) is 7.37. The van der Waals surface area contributed by atoms with E-state index >= 15 is 0 Å². The van der Waals surface area contributed by atoms with E-state index in [2.05, 4.69) is 20.2 Å². The average molecular weight is 314 g/mol. The van der Waals surface area contributed by atoms with Gasteiger partial charge in [-0.15, -0.1) is 0 Å². The lowest BCUT2D eigenvalue weighted by Gasteiger charge is -2.27. The number of carbonyl (C=O) groups excluding carboxylic acids is 1. The topological polar surface area (TPSA) is 76.6 Å². The third kappa shape index (κ3) is 3.57. The fraction of sp³-hybridized carbons (Fsp3) is 0.312. The van der Waals surface area contributed by atoms with Gasteiger partial charge in [-0.05, 0) is 12.1 Å². The fourth-order valence-corrected chi connectivity index (χ4v) is 2.40. The van der Waals surface area contributed by atoms with Crippen LogP contribution in [-0.4, -0.2) is 49.3 Å². The minimum Gasteiger partial charge on any atom is -0.496 e. The van der Waals surface area contributed by atoms with Crippen molar-refractivity contribution in [3.8, 4) is 5.75 Å². The summed E-state index contributed by atoms with van der Waals surface area (Å²) in [5.74, 6) is 1.48. The number of benzene rings is 1. The van der Waals surface area contributed by atoms with Crippen LogP contribution in [0.3, 0.4) is 0 Å². The summed E-state index contributed by atoms with van der Waals surface area (Å²) in [7, 11) is 1.54. The summed E-state index contributed by atoms with van der Waals surface area (Å²) in [5.41, 5.74) is 0.460. The number of nitrogens with zero attached hydrogens (tertiary/aromatic N) is 3. The molecule has 120 valence electrons. The summed E-state index contributed by atoms with van der Waals surface area (Å²) in [4.78, 5) is 22.9. The van der Waals surface area contributed by atoms with E-state index in [0.29, 0.717) is 30.3 Å². The maximum Gasteiger partial charge on any atom is 0.260 e. The molecule has 7 heteroatoms. The second-order valence-electron chi connectivity index (χ2n) is 5.02. The fourth-order valence-electron chi connectivity index (χ4n) is 2.40. The molecule has 3 rings (SSSR count). The number of hydrogen-bond acceptors (Lipinski definition) is 6. The predicted molar refractivity (Wildman–Crippen MR) is 86.0 cm³/mol. The van der Waals surface area contributed by atoms with Crippen LogP contribution < -0.4 is 15.0 Å². The Morgan fingerprint density at radius 1 is 1.26 bits per heavy atom. The van der Waals surface area contributed by atoms with Gasteiger partial charge < -0.3 is 19.7 Å². The van der Waals surface area contributed by atoms with Gasteiger partial charge in [0.1, 0.15) is 23.7 Å². The summed E-state index contributed by atoms with van der Waals surface area (Å²) in [5, 5.41) is 2.78. The number of rotatable bonds is 4. The highest BCUT2D eigenvalue weighted by Crippen LogP contribution is 2.20. The van der Waals surface area contributed by atoms with Crippen molar-refractivity contribution in [2.24, 2.45) is 0 Å². The average Bonchev–Trinajstić information content (AvgIpc) is 2.62. The molecule has 2 aromatic rings. The van der Waals surface area contributed by atoms with Crippen LogP contribution in [0.1, 0.15) is 10.4 Å². The molecule has 1 amide bonds. The van der Waals surface area contributed by atoms with Crippen molar-refractivity contribution >= 4 is 17.5 Å². The molecule has 0 atom stereocenters. The minimum absolute atomic E-state index is 0.269. The summed E-state index contributed by atoms with van der Waals surface area (Å²) in [6.07, 6.45) is 1.45. The van der Waals surface area contributed by atoms with Crippen molar-refractivity contribution in [3.63, 3.8) is 0 Å². The standard InChI is InChI=1S/C16H18N4O3/c1-22-13-5-3-2-4-12(13)16(21)19-14-10-15(18-11-17-14)20-6-8-23-9-7-20/h2-5,10-11H,6-9H2,1H3,(H,17,18,19,21). The molecular weight excluding hydrogens is 296 g/mol. The van der Waals surface area contributed by atoms with Gasteiger partial charge >= 0.3 is 0 Å². The van der Waals surface area contributed by atoms with Crippen molar-refractivity contribution in [1.29, 1.82) is 0 Å². The molecule has 1 aromatic heterocycles. The summed E-state index contributed by atoms with van der Waals surface area (Å²) >= 11 is 0. The lowest BCUT2D eigenvalue weighted by atomic mass is 10.2. The van der Waals surface area contributed by atoms with E-state index in [1.54, 1.807) is 24.3 Å². The molecular formula is C16H18N4O3. The largest absolute Gasteiger partial charge is 0.496 e. The number of aromatic nitrogens is 2. The van der Waals surface area contributed by atoms with Gasteiger partial charge in [-0.25, -0.2) is 9.97 Å². The molecule has 1 aromatic carbocycles. The monoisotopic (exact) mass is 314 g/mol.